The minimum absolute atomic E-state index is 0.0548. The van der Waals surface area contributed by atoms with E-state index in [2.05, 4.69) is 15.3 Å². The van der Waals surface area contributed by atoms with Crippen LogP contribution in [0.4, 0.5) is 11.5 Å². The van der Waals surface area contributed by atoms with Crippen molar-refractivity contribution >= 4 is 11.5 Å². The third kappa shape index (κ3) is 2.52. The van der Waals surface area contributed by atoms with Crippen molar-refractivity contribution in [2.24, 2.45) is 0 Å². The Bertz CT molecular complexity index is 641. The van der Waals surface area contributed by atoms with Crippen LogP contribution in [-0.4, -0.2) is 21.9 Å². The Morgan fingerprint density at radius 2 is 2.00 bits per heavy atom. The summed E-state index contributed by atoms with van der Waals surface area (Å²) < 4.78 is 0. The Morgan fingerprint density at radius 3 is 2.63 bits per heavy atom. The molecule has 1 aromatic carbocycles. The van der Waals surface area contributed by atoms with Gasteiger partial charge in [-0.2, -0.15) is 0 Å². The molecule has 0 aliphatic carbocycles. The maximum Gasteiger partial charge on any atom is 0.270 e. The summed E-state index contributed by atoms with van der Waals surface area (Å²) in [4.78, 5) is 19.1. The number of aromatic nitrogens is 2. The van der Waals surface area contributed by atoms with Gasteiger partial charge in [-0.25, -0.2) is 9.97 Å². The normalized spacial score (nSPS) is 10.3. The molecular weight excluding hydrogens is 244 g/mol. The summed E-state index contributed by atoms with van der Waals surface area (Å²) in [5.41, 5.74) is 2.35. The second-order valence-electron chi connectivity index (χ2n) is 4.15. The molecule has 0 bridgehead atoms. The Labute approximate surface area is 110 Å². The number of rotatable bonds is 3. The van der Waals surface area contributed by atoms with E-state index in [0.717, 1.165) is 11.4 Å². The van der Waals surface area contributed by atoms with Crippen LogP contribution in [0.15, 0.2) is 24.3 Å². The van der Waals surface area contributed by atoms with Gasteiger partial charge in [-0.1, -0.05) is 12.1 Å². The fourth-order valence-corrected chi connectivity index (χ4v) is 1.92. The zero-order valence-corrected chi connectivity index (χ0v) is 11.0. The van der Waals surface area contributed by atoms with Crippen molar-refractivity contribution in [2.75, 3.05) is 12.4 Å². The zero-order chi connectivity index (χ0) is 14.0. The Hall–Kier alpha value is -2.50. The van der Waals surface area contributed by atoms with E-state index < -0.39 is 4.92 Å². The molecule has 0 spiro atoms. The van der Waals surface area contributed by atoms with Crippen LogP contribution in [0.25, 0.3) is 11.3 Å². The number of nitrogens with zero attached hydrogens (tertiary/aromatic N) is 3. The second-order valence-corrected chi connectivity index (χ2v) is 4.15. The van der Waals surface area contributed by atoms with Gasteiger partial charge in [0, 0.05) is 30.3 Å². The molecule has 1 aromatic heterocycles. The number of benzene rings is 1. The van der Waals surface area contributed by atoms with Crippen LogP contribution in [0.1, 0.15) is 11.4 Å². The van der Waals surface area contributed by atoms with Crippen LogP contribution in [0.5, 0.6) is 0 Å². The van der Waals surface area contributed by atoms with Crippen LogP contribution < -0.4 is 5.32 Å². The standard InChI is InChI=1S/C13H14N4O2/c1-8-12(15-9(2)16-13(8)14-3)10-5-4-6-11(7-10)17(18)19/h4-7H,1-3H3,(H,14,15,16). The van der Waals surface area contributed by atoms with Gasteiger partial charge in [0.15, 0.2) is 0 Å². The van der Waals surface area contributed by atoms with Crippen LogP contribution in [0.3, 0.4) is 0 Å². The number of nitrogens with one attached hydrogen (secondary N) is 1. The number of hydrogen-bond donors (Lipinski definition) is 1. The van der Waals surface area contributed by atoms with Gasteiger partial charge in [-0.05, 0) is 13.8 Å². The number of nitro benzene ring substituents is 1. The van der Waals surface area contributed by atoms with E-state index in [1.54, 1.807) is 26.1 Å². The van der Waals surface area contributed by atoms with E-state index >= 15 is 0 Å². The van der Waals surface area contributed by atoms with Crippen LogP contribution in [0.2, 0.25) is 0 Å². The summed E-state index contributed by atoms with van der Waals surface area (Å²) >= 11 is 0. The largest absolute Gasteiger partial charge is 0.373 e. The Morgan fingerprint density at radius 1 is 1.26 bits per heavy atom. The van der Waals surface area contributed by atoms with Gasteiger partial charge in [0.2, 0.25) is 0 Å². The maximum absolute atomic E-state index is 10.8. The predicted molar refractivity (Wildman–Crippen MR) is 73.1 cm³/mol. The average Bonchev–Trinajstić information content (AvgIpc) is 2.41. The zero-order valence-electron chi connectivity index (χ0n) is 11.0. The van der Waals surface area contributed by atoms with E-state index in [1.807, 2.05) is 6.92 Å². The van der Waals surface area contributed by atoms with E-state index in [9.17, 15) is 10.1 Å². The molecule has 98 valence electrons. The molecule has 6 nitrogen and oxygen atoms in total. The number of aryl methyl sites for hydroxylation is 1. The molecule has 1 heterocycles. The minimum atomic E-state index is -0.411. The summed E-state index contributed by atoms with van der Waals surface area (Å²) in [7, 11) is 1.78. The third-order valence-electron chi connectivity index (χ3n) is 2.82. The summed E-state index contributed by atoms with van der Waals surface area (Å²) in [6.45, 7) is 3.68. The highest BCUT2D eigenvalue weighted by atomic mass is 16.6. The molecule has 0 unspecified atom stereocenters. The van der Waals surface area contributed by atoms with Crippen molar-refractivity contribution in [3.63, 3.8) is 0 Å². The summed E-state index contributed by atoms with van der Waals surface area (Å²) in [6.07, 6.45) is 0. The molecule has 0 saturated heterocycles. The molecule has 2 rings (SSSR count). The van der Waals surface area contributed by atoms with Gasteiger partial charge in [0.25, 0.3) is 5.69 Å². The summed E-state index contributed by atoms with van der Waals surface area (Å²) in [5.74, 6) is 1.35. The summed E-state index contributed by atoms with van der Waals surface area (Å²) in [5, 5.41) is 13.8. The first-order valence-electron chi connectivity index (χ1n) is 5.80. The van der Waals surface area contributed by atoms with Crippen molar-refractivity contribution in [3.8, 4) is 11.3 Å². The SMILES string of the molecule is CNc1nc(C)nc(-c2cccc([N+](=O)[O-])c2)c1C. The number of non-ortho nitro benzene ring substituents is 1. The molecule has 2 aromatic rings. The Balaban J connectivity index is 2.61. The van der Waals surface area contributed by atoms with Crippen molar-refractivity contribution in [1.29, 1.82) is 0 Å². The highest BCUT2D eigenvalue weighted by Crippen LogP contribution is 2.27. The highest BCUT2D eigenvalue weighted by molar-refractivity contribution is 5.69. The topological polar surface area (TPSA) is 81.0 Å². The van der Waals surface area contributed by atoms with Crippen molar-refractivity contribution < 1.29 is 4.92 Å². The molecule has 19 heavy (non-hydrogen) atoms. The summed E-state index contributed by atoms with van der Waals surface area (Å²) in [6, 6.07) is 6.45. The lowest BCUT2D eigenvalue weighted by Gasteiger charge is -2.10. The van der Waals surface area contributed by atoms with E-state index in [1.165, 1.54) is 12.1 Å². The molecule has 0 aliphatic heterocycles. The lowest BCUT2D eigenvalue weighted by Crippen LogP contribution is -2.02. The first-order valence-corrected chi connectivity index (χ1v) is 5.80. The monoisotopic (exact) mass is 258 g/mol. The molecule has 0 fully saturated rings. The van der Waals surface area contributed by atoms with Gasteiger partial charge in [0.05, 0.1) is 10.6 Å². The molecule has 0 radical (unpaired) electrons. The van der Waals surface area contributed by atoms with E-state index in [0.29, 0.717) is 17.1 Å². The molecule has 0 saturated carbocycles. The van der Waals surface area contributed by atoms with Crippen molar-refractivity contribution in [1.82, 2.24) is 9.97 Å². The van der Waals surface area contributed by atoms with Gasteiger partial charge >= 0.3 is 0 Å². The third-order valence-corrected chi connectivity index (χ3v) is 2.82. The molecule has 0 aliphatic rings. The predicted octanol–water partition coefficient (Wildman–Crippen LogP) is 2.71. The first kappa shape index (κ1) is 12.9. The van der Waals surface area contributed by atoms with Crippen molar-refractivity contribution in [2.45, 2.75) is 13.8 Å². The highest BCUT2D eigenvalue weighted by Gasteiger charge is 2.13. The fourth-order valence-electron chi connectivity index (χ4n) is 1.92. The average molecular weight is 258 g/mol. The fraction of sp³-hybridized carbons (Fsp3) is 0.231. The van der Waals surface area contributed by atoms with Crippen LogP contribution in [0, 0.1) is 24.0 Å². The van der Waals surface area contributed by atoms with Gasteiger partial charge in [0.1, 0.15) is 11.6 Å². The van der Waals surface area contributed by atoms with Crippen LogP contribution >= 0.6 is 0 Å². The lowest BCUT2D eigenvalue weighted by atomic mass is 10.1. The molecular formula is C13H14N4O2. The maximum atomic E-state index is 10.8. The number of anilines is 1. The van der Waals surface area contributed by atoms with E-state index in [-0.39, 0.29) is 5.69 Å². The Kier molecular flexibility index (Phi) is 3.41. The van der Waals surface area contributed by atoms with Gasteiger partial charge < -0.3 is 5.32 Å². The lowest BCUT2D eigenvalue weighted by molar-refractivity contribution is -0.384. The van der Waals surface area contributed by atoms with E-state index in [4.69, 9.17) is 0 Å². The van der Waals surface area contributed by atoms with Crippen LogP contribution in [-0.2, 0) is 0 Å². The molecule has 6 heteroatoms. The molecule has 0 amide bonds. The molecule has 0 atom stereocenters. The van der Waals surface area contributed by atoms with Gasteiger partial charge in [-0.3, -0.25) is 10.1 Å². The second kappa shape index (κ2) is 5.01. The first-order chi connectivity index (χ1) is 9.02. The molecule has 1 N–H and O–H groups in total. The number of nitro groups is 1. The minimum Gasteiger partial charge on any atom is -0.373 e. The smallest absolute Gasteiger partial charge is 0.270 e. The van der Waals surface area contributed by atoms with Gasteiger partial charge in [-0.15, -0.1) is 0 Å². The quantitative estimate of drug-likeness (QED) is 0.676. The number of hydrogen-bond acceptors (Lipinski definition) is 5. The van der Waals surface area contributed by atoms with Crippen molar-refractivity contribution in [3.05, 3.63) is 45.8 Å².